The number of carbonyl (C=O) groups excluding carboxylic acids is 1. The summed E-state index contributed by atoms with van der Waals surface area (Å²) in [6, 6.07) is -0.0288. The summed E-state index contributed by atoms with van der Waals surface area (Å²) in [6.07, 6.45) is 5.92. The summed E-state index contributed by atoms with van der Waals surface area (Å²) in [5, 5.41) is 6.85. The van der Waals surface area contributed by atoms with Gasteiger partial charge in [-0.2, -0.15) is 5.10 Å². The van der Waals surface area contributed by atoms with Gasteiger partial charge >= 0.3 is 0 Å². The van der Waals surface area contributed by atoms with E-state index in [1.54, 1.807) is 10.9 Å². The van der Waals surface area contributed by atoms with Gasteiger partial charge < -0.3 is 11.1 Å². The van der Waals surface area contributed by atoms with E-state index in [-0.39, 0.29) is 11.9 Å². The van der Waals surface area contributed by atoms with Gasteiger partial charge in [0, 0.05) is 37.8 Å². The summed E-state index contributed by atoms with van der Waals surface area (Å²) in [7, 11) is 1.85. The van der Waals surface area contributed by atoms with Crippen LogP contribution in [0.25, 0.3) is 0 Å². The van der Waals surface area contributed by atoms with Crippen molar-refractivity contribution in [1.82, 2.24) is 15.1 Å². The highest BCUT2D eigenvalue weighted by atomic mass is 16.1. The Bertz CT molecular complexity index is 334. The Hall–Kier alpha value is -1.36. The molecule has 1 rings (SSSR count). The van der Waals surface area contributed by atoms with Gasteiger partial charge in [0.2, 0.25) is 5.91 Å². The van der Waals surface area contributed by atoms with Crippen LogP contribution in [0.15, 0.2) is 12.4 Å². The zero-order chi connectivity index (χ0) is 12.0. The maximum atomic E-state index is 11.5. The lowest BCUT2D eigenvalue weighted by Gasteiger charge is -2.09. The second-order valence-corrected chi connectivity index (χ2v) is 4.05. The first kappa shape index (κ1) is 12.7. The van der Waals surface area contributed by atoms with Crippen LogP contribution in [0, 0.1) is 0 Å². The maximum absolute atomic E-state index is 11.5. The van der Waals surface area contributed by atoms with Crippen LogP contribution < -0.4 is 11.1 Å². The minimum Gasteiger partial charge on any atom is -0.352 e. The van der Waals surface area contributed by atoms with Gasteiger partial charge in [-0.05, 0) is 6.42 Å². The van der Waals surface area contributed by atoms with Crippen LogP contribution >= 0.6 is 0 Å². The summed E-state index contributed by atoms with van der Waals surface area (Å²) >= 11 is 0. The van der Waals surface area contributed by atoms with E-state index in [1.807, 2.05) is 13.2 Å². The number of nitrogens with two attached hydrogens (primary N) is 1. The third-order valence-electron chi connectivity index (χ3n) is 2.36. The summed E-state index contributed by atoms with van der Waals surface area (Å²) in [4.78, 5) is 11.5. The lowest BCUT2D eigenvalue weighted by atomic mass is 10.1. The average molecular weight is 224 g/mol. The van der Waals surface area contributed by atoms with E-state index in [2.05, 4.69) is 17.3 Å². The average Bonchev–Trinajstić information content (AvgIpc) is 2.61. The van der Waals surface area contributed by atoms with Crippen molar-refractivity contribution in [3.05, 3.63) is 18.0 Å². The molecule has 0 saturated carbocycles. The Morgan fingerprint density at radius 3 is 3.00 bits per heavy atom. The smallest absolute Gasteiger partial charge is 0.221 e. The fourth-order valence-corrected chi connectivity index (χ4v) is 1.55. The second kappa shape index (κ2) is 6.27. The molecule has 3 N–H and O–H groups in total. The predicted octanol–water partition coefficient (Wildman–Crippen LogP) is 0.554. The van der Waals surface area contributed by atoms with E-state index in [9.17, 15) is 4.79 Å². The van der Waals surface area contributed by atoms with Gasteiger partial charge in [0.05, 0.1) is 6.20 Å². The number of amides is 1. The highest BCUT2D eigenvalue weighted by Gasteiger charge is 2.08. The van der Waals surface area contributed by atoms with Crippen LogP contribution in [0.2, 0.25) is 0 Å². The molecule has 1 atom stereocenters. The molecule has 1 amide bonds. The minimum absolute atomic E-state index is 0.00445. The highest BCUT2D eigenvalue weighted by Crippen LogP contribution is 1.99. The van der Waals surface area contributed by atoms with Crippen LogP contribution in [0.3, 0.4) is 0 Å². The number of nitrogens with one attached hydrogen (secondary N) is 1. The highest BCUT2D eigenvalue weighted by molar-refractivity contribution is 5.76. The van der Waals surface area contributed by atoms with Gasteiger partial charge in [-0.15, -0.1) is 0 Å². The summed E-state index contributed by atoms with van der Waals surface area (Å²) in [5.74, 6) is 0.00445. The first-order chi connectivity index (χ1) is 7.61. The summed E-state index contributed by atoms with van der Waals surface area (Å²) in [5.41, 5.74) is 6.78. The molecule has 0 aliphatic heterocycles. The molecule has 1 unspecified atom stereocenters. The SMILES string of the molecule is CCCC(N)CC(=O)NCc1cnn(C)c1. The number of hydrogen-bond acceptors (Lipinski definition) is 3. The standard InChI is InChI=1S/C11H20N4O/c1-3-4-10(12)5-11(16)13-6-9-7-14-15(2)8-9/h7-8,10H,3-6,12H2,1-2H3,(H,13,16). The Kier molecular flexibility index (Phi) is 4.98. The summed E-state index contributed by atoms with van der Waals surface area (Å²) in [6.45, 7) is 2.58. The van der Waals surface area contributed by atoms with E-state index in [1.165, 1.54) is 0 Å². The molecule has 0 spiro atoms. The van der Waals surface area contributed by atoms with Gasteiger partial charge in [-0.25, -0.2) is 0 Å². The number of hydrogen-bond donors (Lipinski definition) is 2. The van der Waals surface area contributed by atoms with Crippen molar-refractivity contribution >= 4 is 5.91 Å². The Labute approximate surface area is 96.0 Å². The van der Waals surface area contributed by atoms with Crippen molar-refractivity contribution in [2.75, 3.05) is 0 Å². The van der Waals surface area contributed by atoms with E-state index < -0.39 is 0 Å². The van der Waals surface area contributed by atoms with Crippen molar-refractivity contribution < 1.29 is 4.79 Å². The molecule has 1 aromatic rings. The number of rotatable bonds is 6. The number of aromatic nitrogens is 2. The van der Waals surface area contributed by atoms with Crippen LogP contribution in [0.5, 0.6) is 0 Å². The van der Waals surface area contributed by atoms with Crippen LogP contribution in [0.4, 0.5) is 0 Å². The molecule has 0 aliphatic carbocycles. The first-order valence-electron chi connectivity index (χ1n) is 5.61. The molecule has 0 aromatic carbocycles. The Morgan fingerprint density at radius 1 is 1.69 bits per heavy atom. The molecule has 0 radical (unpaired) electrons. The zero-order valence-corrected chi connectivity index (χ0v) is 9.94. The minimum atomic E-state index is -0.0288. The van der Waals surface area contributed by atoms with Crippen LogP contribution in [0.1, 0.15) is 31.7 Å². The molecule has 90 valence electrons. The molecule has 1 heterocycles. The fraction of sp³-hybridized carbons (Fsp3) is 0.636. The van der Waals surface area contributed by atoms with E-state index in [0.717, 1.165) is 18.4 Å². The molecule has 16 heavy (non-hydrogen) atoms. The number of aryl methyl sites for hydroxylation is 1. The van der Waals surface area contributed by atoms with Crippen molar-refractivity contribution in [2.45, 2.75) is 38.8 Å². The largest absolute Gasteiger partial charge is 0.352 e. The predicted molar refractivity (Wildman–Crippen MR) is 62.6 cm³/mol. The van der Waals surface area contributed by atoms with Crippen molar-refractivity contribution in [1.29, 1.82) is 0 Å². The molecule has 0 fully saturated rings. The van der Waals surface area contributed by atoms with E-state index in [0.29, 0.717) is 13.0 Å². The third kappa shape index (κ3) is 4.44. The number of carbonyl (C=O) groups is 1. The molecule has 0 saturated heterocycles. The molecule has 5 heteroatoms. The lowest BCUT2D eigenvalue weighted by Crippen LogP contribution is -2.31. The maximum Gasteiger partial charge on any atom is 0.221 e. The van der Waals surface area contributed by atoms with Crippen LogP contribution in [-0.4, -0.2) is 21.7 Å². The van der Waals surface area contributed by atoms with Crippen molar-refractivity contribution in [3.8, 4) is 0 Å². The number of nitrogens with zero attached hydrogens (tertiary/aromatic N) is 2. The van der Waals surface area contributed by atoms with Gasteiger partial charge in [0.15, 0.2) is 0 Å². The van der Waals surface area contributed by atoms with Crippen molar-refractivity contribution in [3.63, 3.8) is 0 Å². The van der Waals surface area contributed by atoms with Gasteiger partial charge in [0.1, 0.15) is 0 Å². The summed E-state index contributed by atoms with van der Waals surface area (Å²) < 4.78 is 1.71. The first-order valence-corrected chi connectivity index (χ1v) is 5.61. The molecule has 0 bridgehead atoms. The topological polar surface area (TPSA) is 72.9 Å². The van der Waals surface area contributed by atoms with Gasteiger partial charge in [-0.1, -0.05) is 13.3 Å². The van der Waals surface area contributed by atoms with Crippen molar-refractivity contribution in [2.24, 2.45) is 12.8 Å². The fourth-order valence-electron chi connectivity index (χ4n) is 1.55. The third-order valence-corrected chi connectivity index (χ3v) is 2.36. The molecular weight excluding hydrogens is 204 g/mol. The van der Waals surface area contributed by atoms with Crippen LogP contribution in [-0.2, 0) is 18.4 Å². The second-order valence-electron chi connectivity index (χ2n) is 4.05. The lowest BCUT2D eigenvalue weighted by molar-refractivity contribution is -0.121. The molecule has 1 aromatic heterocycles. The van der Waals surface area contributed by atoms with Gasteiger partial charge in [-0.3, -0.25) is 9.48 Å². The van der Waals surface area contributed by atoms with E-state index >= 15 is 0 Å². The quantitative estimate of drug-likeness (QED) is 0.741. The normalized spacial score (nSPS) is 12.4. The van der Waals surface area contributed by atoms with E-state index in [4.69, 9.17) is 5.73 Å². The Balaban J connectivity index is 2.25. The molecular formula is C11H20N4O. The molecule has 0 aliphatic rings. The monoisotopic (exact) mass is 224 g/mol. The van der Waals surface area contributed by atoms with Gasteiger partial charge in [0.25, 0.3) is 0 Å². The molecule has 5 nitrogen and oxygen atoms in total. The zero-order valence-electron chi connectivity index (χ0n) is 9.94. The Morgan fingerprint density at radius 2 is 2.44 bits per heavy atom.